The fourth-order valence-electron chi connectivity index (χ4n) is 2.19. The van der Waals surface area contributed by atoms with Crippen LogP contribution in [0.3, 0.4) is 0 Å². The largest absolute Gasteiger partial charge is 0.493 e. The van der Waals surface area contributed by atoms with Crippen LogP contribution in [0, 0.1) is 0 Å². The van der Waals surface area contributed by atoms with Crippen LogP contribution in [0.1, 0.15) is 17.5 Å². The van der Waals surface area contributed by atoms with Gasteiger partial charge in [0, 0.05) is 13.0 Å². The third-order valence-corrected chi connectivity index (χ3v) is 3.41. The van der Waals surface area contributed by atoms with Crippen LogP contribution in [-0.2, 0) is 17.6 Å². The Bertz CT molecular complexity index is 649. The summed E-state index contributed by atoms with van der Waals surface area (Å²) in [7, 11) is 1.57. The number of hydrogen-bond donors (Lipinski definition) is 2. The van der Waals surface area contributed by atoms with Gasteiger partial charge < -0.3 is 19.7 Å². The first kappa shape index (κ1) is 16.8. The Morgan fingerprint density at radius 2 is 1.70 bits per heavy atom. The molecule has 0 radical (unpaired) electrons. The number of benzene rings is 2. The van der Waals surface area contributed by atoms with E-state index in [1.54, 1.807) is 19.2 Å². The first-order chi connectivity index (χ1) is 11.1. The van der Waals surface area contributed by atoms with Crippen LogP contribution in [0.2, 0.25) is 0 Å². The van der Waals surface area contributed by atoms with E-state index < -0.39 is 5.97 Å². The molecule has 0 unspecified atom stereocenters. The van der Waals surface area contributed by atoms with E-state index in [0.29, 0.717) is 30.1 Å². The van der Waals surface area contributed by atoms with Crippen molar-refractivity contribution in [3.8, 4) is 17.2 Å². The number of aliphatic hydroxyl groups excluding tert-OH is 1. The van der Waals surface area contributed by atoms with Gasteiger partial charge in [0.15, 0.2) is 11.5 Å². The fourth-order valence-corrected chi connectivity index (χ4v) is 2.19. The van der Waals surface area contributed by atoms with E-state index in [-0.39, 0.29) is 13.0 Å². The lowest BCUT2D eigenvalue weighted by atomic mass is 10.1. The number of carboxylic acid groups (broad SMARTS) is 1. The summed E-state index contributed by atoms with van der Waals surface area (Å²) in [5.41, 5.74) is 1.90. The number of hydrogen-bond acceptors (Lipinski definition) is 4. The molecule has 2 rings (SSSR count). The molecule has 0 atom stereocenters. The minimum Gasteiger partial charge on any atom is -0.493 e. The van der Waals surface area contributed by atoms with Gasteiger partial charge in [0.25, 0.3) is 0 Å². The molecule has 0 amide bonds. The van der Waals surface area contributed by atoms with E-state index in [9.17, 15) is 4.79 Å². The summed E-state index contributed by atoms with van der Waals surface area (Å²) in [6, 6.07) is 12.8. The normalized spacial score (nSPS) is 10.3. The lowest BCUT2D eigenvalue weighted by molar-refractivity contribution is -0.136. The molecule has 2 aromatic carbocycles. The summed E-state index contributed by atoms with van der Waals surface area (Å²) >= 11 is 0. The van der Waals surface area contributed by atoms with E-state index in [1.807, 2.05) is 30.3 Å². The Balaban J connectivity index is 2.11. The van der Waals surface area contributed by atoms with Gasteiger partial charge in [-0.2, -0.15) is 0 Å². The Labute approximate surface area is 135 Å². The first-order valence-corrected chi connectivity index (χ1v) is 7.38. The molecule has 0 aliphatic carbocycles. The van der Waals surface area contributed by atoms with Gasteiger partial charge in [-0.1, -0.05) is 18.2 Å². The third-order valence-electron chi connectivity index (χ3n) is 3.41. The molecule has 0 fully saturated rings. The molecule has 2 aromatic rings. The predicted octanol–water partition coefficient (Wildman–Crippen LogP) is 3.04. The van der Waals surface area contributed by atoms with Crippen LogP contribution in [-0.4, -0.2) is 29.9 Å². The van der Waals surface area contributed by atoms with Crippen molar-refractivity contribution in [1.29, 1.82) is 0 Å². The monoisotopic (exact) mass is 316 g/mol. The number of aliphatic carboxylic acids is 1. The molecule has 2 N–H and O–H groups in total. The molecule has 122 valence electrons. The molecule has 0 aliphatic rings. The highest BCUT2D eigenvalue weighted by molar-refractivity contribution is 5.67. The minimum atomic E-state index is -0.809. The number of carbonyl (C=O) groups is 1. The van der Waals surface area contributed by atoms with E-state index >= 15 is 0 Å². The van der Waals surface area contributed by atoms with Gasteiger partial charge in [0.1, 0.15) is 5.75 Å². The predicted molar refractivity (Wildman–Crippen MR) is 86.3 cm³/mol. The SMILES string of the molecule is COc1ccc(CCO)cc1Oc1ccc(CCC(=O)O)cc1. The number of carboxylic acids is 1. The van der Waals surface area contributed by atoms with Crippen molar-refractivity contribution in [2.45, 2.75) is 19.3 Å². The van der Waals surface area contributed by atoms with E-state index in [1.165, 1.54) is 0 Å². The number of aryl methyl sites for hydroxylation is 1. The molecule has 5 heteroatoms. The molecule has 0 aliphatic heterocycles. The van der Waals surface area contributed by atoms with Crippen LogP contribution in [0.15, 0.2) is 42.5 Å². The van der Waals surface area contributed by atoms with Crippen LogP contribution in [0.25, 0.3) is 0 Å². The molecule has 0 saturated carbocycles. The van der Waals surface area contributed by atoms with Crippen molar-refractivity contribution < 1.29 is 24.5 Å². The van der Waals surface area contributed by atoms with Crippen LogP contribution in [0.4, 0.5) is 0 Å². The summed E-state index contributed by atoms with van der Waals surface area (Å²) in [6.45, 7) is 0.0735. The van der Waals surface area contributed by atoms with E-state index in [0.717, 1.165) is 11.1 Å². The van der Waals surface area contributed by atoms with Gasteiger partial charge >= 0.3 is 5.97 Å². The maximum absolute atomic E-state index is 10.6. The zero-order valence-corrected chi connectivity index (χ0v) is 13.0. The van der Waals surface area contributed by atoms with Gasteiger partial charge in [-0.3, -0.25) is 4.79 Å². The quantitative estimate of drug-likeness (QED) is 0.783. The number of ether oxygens (including phenoxy) is 2. The highest BCUT2D eigenvalue weighted by Gasteiger charge is 2.08. The molecular weight excluding hydrogens is 296 g/mol. The fraction of sp³-hybridized carbons (Fsp3) is 0.278. The third kappa shape index (κ3) is 5.00. The molecule has 23 heavy (non-hydrogen) atoms. The summed E-state index contributed by atoms with van der Waals surface area (Å²) in [5.74, 6) is 1.03. The van der Waals surface area contributed by atoms with E-state index in [2.05, 4.69) is 0 Å². The topological polar surface area (TPSA) is 76.0 Å². The lowest BCUT2D eigenvalue weighted by Gasteiger charge is -2.12. The van der Waals surface area contributed by atoms with Crippen molar-refractivity contribution in [3.63, 3.8) is 0 Å². The Morgan fingerprint density at radius 1 is 1.00 bits per heavy atom. The second-order valence-electron chi connectivity index (χ2n) is 5.10. The van der Waals surface area contributed by atoms with Crippen molar-refractivity contribution in [3.05, 3.63) is 53.6 Å². The van der Waals surface area contributed by atoms with Crippen molar-refractivity contribution in [2.75, 3.05) is 13.7 Å². The average Bonchev–Trinajstić information content (AvgIpc) is 2.55. The first-order valence-electron chi connectivity index (χ1n) is 7.38. The Hall–Kier alpha value is -2.53. The smallest absolute Gasteiger partial charge is 0.303 e. The van der Waals surface area contributed by atoms with E-state index in [4.69, 9.17) is 19.7 Å². The molecule has 0 saturated heterocycles. The standard InChI is InChI=1S/C18H20O5/c1-22-16-8-4-14(10-11-19)12-17(16)23-15-6-2-13(3-7-15)5-9-18(20)21/h2-4,6-8,12,19H,5,9-11H2,1H3,(H,20,21). The molecule has 0 bridgehead atoms. The van der Waals surface area contributed by atoms with Crippen LogP contribution >= 0.6 is 0 Å². The van der Waals surface area contributed by atoms with Gasteiger partial charge in [0.05, 0.1) is 7.11 Å². The zero-order valence-electron chi connectivity index (χ0n) is 13.0. The van der Waals surface area contributed by atoms with Crippen LogP contribution in [0.5, 0.6) is 17.2 Å². The maximum Gasteiger partial charge on any atom is 0.303 e. The second kappa shape index (κ2) is 8.19. The summed E-state index contributed by atoms with van der Waals surface area (Å²) in [6.07, 6.45) is 1.15. The minimum absolute atomic E-state index is 0.0735. The Morgan fingerprint density at radius 3 is 2.30 bits per heavy atom. The van der Waals surface area contributed by atoms with Crippen molar-refractivity contribution in [2.24, 2.45) is 0 Å². The lowest BCUT2D eigenvalue weighted by Crippen LogP contribution is -1.97. The van der Waals surface area contributed by atoms with Gasteiger partial charge in [0.2, 0.25) is 0 Å². The number of methoxy groups -OCH3 is 1. The average molecular weight is 316 g/mol. The molecule has 0 spiro atoms. The molecule has 0 heterocycles. The van der Waals surface area contributed by atoms with Crippen LogP contribution < -0.4 is 9.47 Å². The molecular formula is C18H20O5. The highest BCUT2D eigenvalue weighted by atomic mass is 16.5. The maximum atomic E-state index is 10.6. The van der Waals surface area contributed by atoms with Gasteiger partial charge in [-0.15, -0.1) is 0 Å². The van der Waals surface area contributed by atoms with Crippen molar-refractivity contribution >= 4 is 5.97 Å². The van der Waals surface area contributed by atoms with Gasteiger partial charge in [-0.05, 0) is 48.2 Å². The zero-order chi connectivity index (χ0) is 16.7. The molecule has 0 aromatic heterocycles. The van der Waals surface area contributed by atoms with Crippen molar-refractivity contribution in [1.82, 2.24) is 0 Å². The Kier molecular flexibility index (Phi) is 6.00. The summed E-state index contributed by atoms with van der Waals surface area (Å²) in [4.78, 5) is 10.6. The second-order valence-corrected chi connectivity index (χ2v) is 5.10. The number of rotatable bonds is 8. The van der Waals surface area contributed by atoms with Gasteiger partial charge in [-0.25, -0.2) is 0 Å². The highest BCUT2D eigenvalue weighted by Crippen LogP contribution is 2.32. The summed E-state index contributed by atoms with van der Waals surface area (Å²) in [5, 5.41) is 17.7. The molecule has 5 nitrogen and oxygen atoms in total. The number of aliphatic hydroxyl groups is 1. The summed E-state index contributed by atoms with van der Waals surface area (Å²) < 4.78 is 11.1.